The minimum atomic E-state index is -0.444. The van der Waals surface area contributed by atoms with Crippen LogP contribution in [-0.2, 0) is 6.54 Å². The number of nitrogen functional groups attached to an aromatic ring is 1. The first-order valence-electron chi connectivity index (χ1n) is 10.9. The Morgan fingerprint density at radius 3 is 2.59 bits per heavy atom. The largest absolute Gasteiger partial charge is 0.490 e. The number of imidazole rings is 1. The fourth-order valence-corrected chi connectivity index (χ4v) is 4.24. The summed E-state index contributed by atoms with van der Waals surface area (Å²) < 4.78 is 7.13. The molecule has 0 spiro atoms. The lowest BCUT2D eigenvalue weighted by Gasteiger charge is -2.34. The molecular weight excluding hydrogens is 436 g/mol. The second-order valence-electron chi connectivity index (χ2n) is 8.05. The van der Waals surface area contributed by atoms with Crippen molar-refractivity contribution in [3.63, 3.8) is 0 Å². The monoisotopic (exact) mass is 460 g/mol. The van der Waals surface area contributed by atoms with Gasteiger partial charge in [-0.3, -0.25) is 15.0 Å². The van der Waals surface area contributed by atoms with Crippen LogP contribution in [0.1, 0.15) is 5.69 Å². The van der Waals surface area contributed by atoms with E-state index in [1.807, 2.05) is 16.7 Å². The summed E-state index contributed by atoms with van der Waals surface area (Å²) in [6.45, 7) is 3.84. The number of fused-ring (bicyclic) bond motifs is 1. The van der Waals surface area contributed by atoms with E-state index >= 15 is 0 Å². The second kappa shape index (κ2) is 8.94. The van der Waals surface area contributed by atoms with Crippen LogP contribution in [0, 0.1) is 10.1 Å². The van der Waals surface area contributed by atoms with E-state index in [9.17, 15) is 10.1 Å². The number of nitro benzene ring substituents is 1. The average Bonchev–Trinajstić information content (AvgIpc) is 3.22. The van der Waals surface area contributed by atoms with Gasteiger partial charge in [-0.05, 0) is 30.3 Å². The Labute approximate surface area is 195 Å². The standard InChI is InChI=1S/C23H24N8O3/c1-34-20-5-3-16(13-18(20)31(32)33)22-19(30-14-17(24)4-6-21(30)27-22)15-28-9-11-29(12-10-28)23-25-7-2-8-26-23/h2-8,13-14H,9-12,15,24H2,1H3. The lowest BCUT2D eigenvalue weighted by atomic mass is 10.1. The fourth-order valence-electron chi connectivity index (χ4n) is 4.24. The highest BCUT2D eigenvalue weighted by atomic mass is 16.6. The quantitative estimate of drug-likeness (QED) is 0.341. The van der Waals surface area contributed by atoms with E-state index in [1.165, 1.54) is 13.2 Å². The minimum absolute atomic E-state index is 0.0982. The summed E-state index contributed by atoms with van der Waals surface area (Å²) in [6.07, 6.45) is 5.34. The van der Waals surface area contributed by atoms with Gasteiger partial charge in [-0.1, -0.05) is 0 Å². The molecule has 11 heteroatoms. The van der Waals surface area contributed by atoms with Gasteiger partial charge in [0.1, 0.15) is 5.65 Å². The number of benzene rings is 1. The molecule has 11 nitrogen and oxygen atoms in total. The van der Waals surface area contributed by atoms with Crippen molar-refractivity contribution in [3.05, 3.63) is 70.8 Å². The maximum atomic E-state index is 11.6. The zero-order valence-electron chi connectivity index (χ0n) is 18.7. The van der Waals surface area contributed by atoms with Crippen LogP contribution < -0.4 is 15.4 Å². The molecule has 1 saturated heterocycles. The van der Waals surface area contributed by atoms with Crippen molar-refractivity contribution in [2.45, 2.75) is 6.54 Å². The Kier molecular flexibility index (Phi) is 5.68. The van der Waals surface area contributed by atoms with Crippen LogP contribution in [0.3, 0.4) is 0 Å². The zero-order chi connectivity index (χ0) is 23.7. The Morgan fingerprint density at radius 1 is 1.12 bits per heavy atom. The van der Waals surface area contributed by atoms with Crippen LogP contribution in [0.25, 0.3) is 16.9 Å². The molecule has 3 aromatic heterocycles. The molecule has 0 atom stereocenters. The number of methoxy groups -OCH3 is 1. The van der Waals surface area contributed by atoms with Gasteiger partial charge in [-0.25, -0.2) is 15.0 Å². The van der Waals surface area contributed by atoms with Gasteiger partial charge in [0.05, 0.1) is 23.4 Å². The molecule has 1 aromatic carbocycles. The highest BCUT2D eigenvalue weighted by molar-refractivity contribution is 5.71. The molecule has 4 heterocycles. The molecule has 2 N–H and O–H groups in total. The number of hydrogen-bond donors (Lipinski definition) is 1. The van der Waals surface area contributed by atoms with Crippen molar-refractivity contribution >= 4 is 23.0 Å². The summed E-state index contributed by atoms with van der Waals surface area (Å²) in [7, 11) is 1.42. The molecule has 1 aliphatic rings. The zero-order valence-corrected chi connectivity index (χ0v) is 18.7. The van der Waals surface area contributed by atoms with Crippen molar-refractivity contribution in [2.24, 2.45) is 0 Å². The molecule has 0 amide bonds. The van der Waals surface area contributed by atoms with Gasteiger partial charge < -0.3 is 19.8 Å². The second-order valence-corrected chi connectivity index (χ2v) is 8.05. The van der Waals surface area contributed by atoms with E-state index in [0.29, 0.717) is 23.5 Å². The van der Waals surface area contributed by atoms with Gasteiger partial charge in [-0.15, -0.1) is 0 Å². The maximum absolute atomic E-state index is 11.6. The number of anilines is 2. The lowest BCUT2D eigenvalue weighted by molar-refractivity contribution is -0.385. The van der Waals surface area contributed by atoms with Crippen molar-refractivity contribution < 1.29 is 9.66 Å². The van der Waals surface area contributed by atoms with Gasteiger partial charge in [0, 0.05) is 68.6 Å². The van der Waals surface area contributed by atoms with Crippen LogP contribution in [0.15, 0.2) is 55.0 Å². The van der Waals surface area contributed by atoms with Crippen molar-refractivity contribution in [1.82, 2.24) is 24.3 Å². The van der Waals surface area contributed by atoms with E-state index in [1.54, 1.807) is 36.7 Å². The fraction of sp³-hybridized carbons (Fsp3) is 0.261. The summed E-state index contributed by atoms with van der Waals surface area (Å²) in [4.78, 5) is 29.1. The highest BCUT2D eigenvalue weighted by Gasteiger charge is 2.24. The molecular formula is C23H24N8O3. The minimum Gasteiger partial charge on any atom is -0.490 e. The highest BCUT2D eigenvalue weighted by Crippen LogP contribution is 2.34. The molecule has 4 aromatic rings. The number of nitro groups is 1. The van der Waals surface area contributed by atoms with Gasteiger partial charge in [0.15, 0.2) is 5.75 Å². The Balaban J connectivity index is 1.48. The molecule has 0 aliphatic carbocycles. The Hall–Kier alpha value is -4.25. The number of ether oxygens (including phenoxy) is 1. The molecule has 34 heavy (non-hydrogen) atoms. The number of hydrogen-bond acceptors (Lipinski definition) is 9. The first kappa shape index (κ1) is 21.6. The van der Waals surface area contributed by atoms with Crippen LogP contribution in [0.5, 0.6) is 5.75 Å². The van der Waals surface area contributed by atoms with Crippen molar-refractivity contribution in [2.75, 3.05) is 43.9 Å². The molecule has 174 valence electrons. The molecule has 1 aliphatic heterocycles. The molecule has 1 fully saturated rings. The molecule has 0 unspecified atom stereocenters. The van der Waals surface area contributed by atoms with Gasteiger partial charge >= 0.3 is 5.69 Å². The average molecular weight is 460 g/mol. The predicted molar refractivity (Wildman–Crippen MR) is 128 cm³/mol. The first-order valence-corrected chi connectivity index (χ1v) is 10.9. The Bertz CT molecular complexity index is 1330. The third-order valence-electron chi connectivity index (χ3n) is 5.97. The number of rotatable bonds is 6. The summed E-state index contributed by atoms with van der Waals surface area (Å²) in [5, 5.41) is 11.6. The summed E-state index contributed by atoms with van der Waals surface area (Å²) in [5.41, 5.74) is 9.58. The van der Waals surface area contributed by atoms with E-state index in [2.05, 4.69) is 19.8 Å². The third kappa shape index (κ3) is 4.08. The maximum Gasteiger partial charge on any atom is 0.311 e. The smallest absolute Gasteiger partial charge is 0.311 e. The van der Waals surface area contributed by atoms with Crippen LogP contribution in [-0.4, -0.2) is 62.5 Å². The third-order valence-corrected chi connectivity index (χ3v) is 5.97. The van der Waals surface area contributed by atoms with E-state index in [-0.39, 0.29) is 11.4 Å². The van der Waals surface area contributed by atoms with Crippen LogP contribution >= 0.6 is 0 Å². The predicted octanol–water partition coefficient (Wildman–Crippen LogP) is 2.61. The summed E-state index contributed by atoms with van der Waals surface area (Å²) in [6, 6.07) is 10.4. The number of nitrogens with two attached hydrogens (primary N) is 1. The van der Waals surface area contributed by atoms with Crippen LogP contribution in [0.2, 0.25) is 0 Å². The Morgan fingerprint density at radius 2 is 1.88 bits per heavy atom. The SMILES string of the molecule is COc1ccc(-c2nc3ccc(N)cn3c2CN2CCN(c3ncccn3)CC2)cc1[N+](=O)[O-]. The molecule has 0 bridgehead atoms. The van der Waals surface area contributed by atoms with Gasteiger partial charge in [-0.2, -0.15) is 0 Å². The van der Waals surface area contributed by atoms with Crippen molar-refractivity contribution in [1.29, 1.82) is 0 Å². The number of piperazine rings is 1. The molecule has 5 rings (SSSR count). The van der Waals surface area contributed by atoms with Crippen LogP contribution in [0.4, 0.5) is 17.3 Å². The number of pyridine rings is 1. The van der Waals surface area contributed by atoms with Crippen molar-refractivity contribution in [3.8, 4) is 17.0 Å². The van der Waals surface area contributed by atoms with E-state index in [4.69, 9.17) is 15.5 Å². The molecule has 0 saturated carbocycles. The number of nitrogens with zero attached hydrogens (tertiary/aromatic N) is 7. The van der Waals surface area contributed by atoms with E-state index < -0.39 is 4.92 Å². The lowest BCUT2D eigenvalue weighted by Crippen LogP contribution is -2.46. The first-order chi connectivity index (χ1) is 16.5. The van der Waals surface area contributed by atoms with Gasteiger partial charge in [0.25, 0.3) is 0 Å². The number of aromatic nitrogens is 4. The van der Waals surface area contributed by atoms with Gasteiger partial charge in [0.2, 0.25) is 5.95 Å². The molecule has 0 radical (unpaired) electrons. The summed E-state index contributed by atoms with van der Waals surface area (Å²) in [5.74, 6) is 0.943. The van der Waals surface area contributed by atoms with E-state index in [0.717, 1.165) is 43.5 Å². The normalized spacial score (nSPS) is 14.4. The summed E-state index contributed by atoms with van der Waals surface area (Å²) >= 11 is 0. The topological polar surface area (TPSA) is 128 Å².